The lowest BCUT2D eigenvalue weighted by molar-refractivity contribution is 0.399. The lowest BCUT2D eigenvalue weighted by atomic mass is 10.3. The maximum absolute atomic E-state index is 12.6. The van der Waals surface area contributed by atoms with Gasteiger partial charge in [-0.05, 0) is 0 Å². The molecule has 0 aliphatic heterocycles. The minimum atomic E-state index is -1.64. The van der Waals surface area contributed by atoms with Crippen LogP contribution < -0.4 is 0 Å². The molecule has 1 aromatic rings. The van der Waals surface area contributed by atoms with Crippen LogP contribution in [0.25, 0.3) is 0 Å². The van der Waals surface area contributed by atoms with Crippen molar-refractivity contribution in [1.29, 1.82) is 0 Å². The SMILES string of the molecule is Fc1nc(F)c(F)c(CBr)c1F. The highest BCUT2D eigenvalue weighted by Crippen LogP contribution is 2.18. The Bertz CT molecular complexity index is 289. The summed E-state index contributed by atoms with van der Waals surface area (Å²) in [6, 6.07) is 0. The molecule has 0 atom stereocenters. The highest BCUT2D eigenvalue weighted by atomic mass is 79.9. The minimum absolute atomic E-state index is 0.305. The fourth-order valence-corrected chi connectivity index (χ4v) is 1.14. The molecule has 12 heavy (non-hydrogen) atoms. The van der Waals surface area contributed by atoms with Crippen molar-refractivity contribution in [3.63, 3.8) is 0 Å². The lowest BCUT2D eigenvalue weighted by Gasteiger charge is -2.01. The third kappa shape index (κ3) is 1.43. The Kier molecular flexibility index (Phi) is 2.66. The number of aromatic nitrogens is 1. The van der Waals surface area contributed by atoms with Gasteiger partial charge in [0.2, 0.25) is 0 Å². The number of alkyl halides is 1. The summed E-state index contributed by atoms with van der Waals surface area (Å²) < 4.78 is 49.7. The Morgan fingerprint density at radius 3 is 1.75 bits per heavy atom. The monoisotopic (exact) mass is 243 g/mol. The van der Waals surface area contributed by atoms with Crippen molar-refractivity contribution in [2.75, 3.05) is 0 Å². The van der Waals surface area contributed by atoms with Crippen molar-refractivity contribution in [2.45, 2.75) is 5.33 Å². The Balaban J connectivity index is 3.42. The highest BCUT2D eigenvalue weighted by molar-refractivity contribution is 9.08. The van der Waals surface area contributed by atoms with Gasteiger partial charge >= 0.3 is 0 Å². The van der Waals surface area contributed by atoms with Crippen molar-refractivity contribution < 1.29 is 17.6 Å². The normalized spacial score (nSPS) is 10.4. The van der Waals surface area contributed by atoms with Crippen LogP contribution in [0.15, 0.2) is 0 Å². The predicted octanol–water partition coefficient (Wildman–Crippen LogP) is 2.53. The maximum atomic E-state index is 12.6. The second-order valence-corrected chi connectivity index (χ2v) is 2.49. The fourth-order valence-electron chi connectivity index (χ4n) is 0.647. The van der Waals surface area contributed by atoms with Crippen LogP contribution in [0, 0.1) is 23.5 Å². The van der Waals surface area contributed by atoms with E-state index >= 15 is 0 Å². The number of halogens is 5. The van der Waals surface area contributed by atoms with Gasteiger partial charge in [-0.2, -0.15) is 13.8 Å². The number of hydrogen-bond donors (Lipinski definition) is 0. The first-order valence-corrected chi connectivity index (χ1v) is 3.95. The first kappa shape index (κ1) is 9.44. The topological polar surface area (TPSA) is 12.9 Å². The zero-order chi connectivity index (χ0) is 9.30. The van der Waals surface area contributed by atoms with E-state index in [0.29, 0.717) is 0 Å². The van der Waals surface area contributed by atoms with Crippen molar-refractivity contribution in [3.05, 3.63) is 29.1 Å². The summed E-state index contributed by atoms with van der Waals surface area (Å²) in [6.45, 7) is 0. The van der Waals surface area contributed by atoms with Gasteiger partial charge in [0.25, 0.3) is 11.9 Å². The molecule has 0 spiro atoms. The van der Waals surface area contributed by atoms with Gasteiger partial charge in [0.05, 0.1) is 0 Å². The Hall–Kier alpha value is -0.650. The van der Waals surface area contributed by atoms with Crippen LogP contribution in [-0.2, 0) is 5.33 Å². The van der Waals surface area contributed by atoms with E-state index < -0.39 is 29.1 Å². The van der Waals surface area contributed by atoms with Gasteiger partial charge in [-0.15, -0.1) is 0 Å². The second-order valence-electron chi connectivity index (χ2n) is 1.93. The molecular weight excluding hydrogens is 242 g/mol. The molecule has 0 saturated heterocycles. The van der Waals surface area contributed by atoms with Crippen molar-refractivity contribution in [1.82, 2.24) is 4.98 Å². The van der Waals surface area contributed by atoms with Crippen LogP contribution in [-0.4, -0.2) is 4.98 Å². The van der Waals surface area contributed by atoms with E-state index in [1.54, 1.807) is 0 Å². The molecule has 0 aliphatic carbocycles. The second kappa shape index (κ2) is 3.38. The predicted molar refractivity (Wildman–Crippen MR) is 36.7 cm³/mol. The first-order valence-electron chi connectivity index (χ1n) is 2.82. The summed E-state index contributed by atoms with van der Waals surface area (Å²) in [7, 11) is 0. The molecule has 0 amide bonds. The molecule has 66 valence electrons. The van der Waals surface area contributed by atoms with Crippen LogP contribution in [0.4, 0.5) is 17.6 Å². The standard InChI is InChI=1S/C6H2BrF4N/c7-1-2-3(8)5(10)12-6(11)4(2)9/h1H2. The molecule has 0 bridgehead atoms. The summed E-state index contributed by atoms with van der Waals surface area (Å²) in [5.41, 5.74) is -0.694. The quantitative estimate of drug-likeness (QED) is 0.420. The van der Waals surface area contributed by atoms with Crippen molar-refractivity contribution in [2.24, 2.45) is 0 Å². The van der Waals surface area contributed by atoms with E-state index in [1.807, 2.05) is 0 Å². The summed E-state index contributed by atoms with van der Waals surface area (Å²) in [4.78, 5) is 2.38. The zero-order valence-corrected chi connectivity index (χ0v) is 7.13. The average molecular weight is 244 g/mol. The van der Waals surface area contributed by atoms with Gasteiger partial charge in [-0.3, -0.25) is 0 Å². The molecule has 1 heterocycles. The summed E-state index contributed by atoms with van der Waals surface area (Å²) in [6.07, 6.45) is 0. The number of rotatable bonds is 1. The van der Waals surface area contributed by atoms with Gasteiger partial charge in [0.1, 0.15) is 0 Å². The molecule has 1 nitrogen and oxygen atoms in total. The molecule has 0 unspecified atom stereocenters. The third-order valence-corrected chi connectivity index (χ3v) is 1.78. The Morgan fingerprint density at radius 1 is 1.00 bits per heavy atom. The smallest absolute Gasteiger partial charge is 0.201 e. The average Bonchev–Trinajstić information content (AvgIpc) is 2.02. The van der Waals surface area contributed by atoms with E-state index in [4.69, 9.17) is 0 Å². The van der Waals surface area contributed by atoms with Gasteiger partial charge < -0.3 is 0 Å². The number of nitrogens with zero attached hydrogens (tertiary/aromatic N) is 1. The molecule has 0 fully saturated rings. The maximum Gasteiger partial charge on any atom is 0.252 e. The van der Waals surface area contributed by atoms with Crippen LogP contribution in [0.1, 0.15) is 5.56 Å². The van der Waals surface area contributed by atoms with Crippen LogP contribution >= 0.6 is 15.9 Å². The van der Waals surface area contributed by atoms with Crippen LogP contribution in [0.2, 0.25) is 0 Å². The first-order chi connectivity index (χ1) is 5.57. The Labute approximate surface area is 73.5 Å². The molecular formula is C6H2BrF4N. The molecule has 1 aromatic heterocycles. The molecule has 0 aromatic carbocycles. The largest absolute Gasteiger partial charge is 0.252 e. The number of pyridine rings is 1. The summed E-state index contributed by atoms with van der Waals surface area (Å²) >= 11 is 2.69. The summed E-state index contributed by atoms with van der Waals surface area (Å²) in [5.74, 6) is -6.21. The van der Waals surface area contributed by atoms with Gasteiger partial charge in [0.15, 0.2) is 11.6 Å². The molecule has 0 N–H and O–H groups in total. The lowest BCUT2D eigenvalue weighted by Crippen LogP contribution is -2.04. The zero-order valence-electron chi connectivity index (χ0n) is 5.54. The fraction of sp³-hybridized carbons (Fsp3) is 0.167. The third-order valence-electron chi connectivity index (χ3n) is 1.22. The van der Waals surface area contributed by atoms with E-state index in [0.717, 1.165) is 0 Å². The van der Waals surface area contributed by atoms with Gasteiger partial charge in [0, 0.05) is 10.9 Å². The van der Waals surface area contributed by atoms with Gasteiger partial charge in [-0.1, -0.05) is 15.9 Å². The summed E-state index contributed by atoms with van der Waals surface area (Å²) in [5, 5.41) is -0.305. The molecule has 0 saturated carbocycles. The number of hydrogen-bond acceptors (Lipinski definition) is 1. The van der Waals surface area contributed by atoms with E-state index in [2.05, 4.69) is 20.9 Å². The molecule has 0 radical (unpaired) electrons. The molecule has 6 heteroatoms. The minimum Gasteiger partial charge on any atom is -0.201 e. The highest BCUT2D eigenvalue weighted by Gasteiger charge is 2.18. The van der Waals surface area contributed by atoms with E-state index in [1.165, 1.54) is 0 Å². The van der Waals surface area contributed by atoms with Crippen LogP contribution in [0.3, 0.4) is 0 Å². The van der Waals surface area contributed by atoms with Crippen LogP contribution in [0.5, 0.6) is 0 Å². The van der Waals surface area contributed by atoms with Crippen molar-refractivity contribution >= 4 is 15.9 Å². The van der Waals surface area contributed by atoms with Crippen molar-refractivity contribution in [3.8, 4) is 0 Å². The molecule has 0 aliphatic rings. The van der Waals surface area contributed by atoms with E-state index in [9.17, 15) is 17.6 Å². The Morgan fingerprint density at radius 2 is 1.42 bits per heavy atom. The molecule has 1 rings (SSSR count). The van der Waals surface area contributed by atoms with E-state index in [-0.39, 0.29) is 5.33 Å². The van der Waals surface area contributed by atoms with Gasteiger partial charge in [-0.25, -0.2) is 8.78 Å².